The first-order chi connectivity index (χ1) is 16.4. The number of fused-ring (bicyclic) bond motifs is 1. The van der Waals surface area contributed by atoms with Crippen LogP contribution in [0.2, 0.25) is 0 Å². The molecule has 1 aliphatic rings. The summed E-state index contributed by atoms with van der Waals surface area (Å²) in [5.41, 5.74) is 4.01. The van der Waals surface area contributed by atoms with Gasteiger partial charge in [0.2, 0.25) is 0 Å². The van der Waals surface area contributed by atoms with Crippen LogP contribution in [-0.4, -0.2) is 28.9 Å². The second-order valence-corrected chi connectivity index (χ2v) is 9.25. The summed E-state index contributed by atoms with van der Waals surface area (Å²) in [6.07, 6.45) is 0. The summed E-state index contributed by atoms with van der Waals surface area (Å²) >= 11 is 1.35. The topological polar surface area (TPSA) is 79.7 Å². The highest BCUT2D eigenvalue weighted by Gasteiger charge is 2.48. The Hall–Kier alpha value is -3.97. The summed E-state index contributed by atoms with van der Waals surface area (Å²) in [5, 5.41) is 11.6. The number of anilines is 1. The largest absolute Gasteiger partial charge is 0.507 e. The third-order valence-electron chi connectivity index (χ3n) is 5.93. The molecule has 1 unspecified atom stereocenters. The second kappa shape index (κ2) is 8.43. The first-order valence-corrected chi connectivity index (χ1v) is 11.6. The molecule has 7 heteroatoms. The van der Waals surface area contributed by atoms with Crippen molar-refractivity contribution in [3.63, 3.8) is 0 Å². The van der Waals surface area contributed by atoms with Crippen molar-refractivity contribution < 1.29 is 19.4 Å². The van der Waals surface area contributed by atoms with Gasteiger partial charge < -0.3 is 9.84 Å². The predicted octanol–water partition coefficient (Wildman–Crippen LogP) is 5.55. The Labute approximate surface area is 200 Å². The highest BCUT2D eigenvalue weighted by atomic mass is 32.1. The van der Waals surface area contributed by atoms with Crippen LogP contribution in [0, 0.1) is 13.8 Å². The number of aryl methyl sites for hydroxylation is 2. The van der Waals surface area contributed by atoms with Crippen LogP contribution in [-0.2, 0) is 9.59 Å². The Kier molecular flexibility index (Phi) is 5.42. The number of hydrogen-bond acceptors (Lipinski definition) is 6. The van der Waals surface area contributed by atoms with Crippen LogP contribution in [0.4, 0.5) is 5.13 Å². The lowest BCUT2D eigenvalue weighted by Gasteiger charge is -2.23. The molecule has 4 aromatic rings. The van der Waals surface area contributed by atoms with Crippen LogP contribution in [0.25, 0.3) is 16.0 Å². The summed E-state index contributed by atoms with van der Waals surface area (Å²) in [6, 6.07) is 19.1. The van der Waals surface area contributed by atoms with E-state index in [0.29, 0.717) is 22.0 Å². The van der Waals surface area contributed by atoms with E-state index < -0.39 is 17.7 Å². The number of carbonyl (C=O) groups excluding carboxylic acids is 2. The lowest BCUT2D eigenvalue weighted by atomic mass is 9.95. The van der Waals surface area contributed by atoms with E-state index in [1.807, 2.05) is 38.1 Å². The Balaban J connectivity index is 1.76. The summed E-state index contributed by atoms with van der Waals surface area (Å²) in [5.74, 6) is -1.11. The van der Waals surface area contributed by atoms with Crippen LogP contribution in [0.5, 0.6) is 5.75 Å². The zero-order chi connectivity index (χ0) is 24.0. The number of thiazole rings is 1. The summed E-state index contributed by atoms with van der Waals surface area (Å²) in [7, 11) is 1.55. The summed E-state index contributed by atoms with van der Waals surface area (Å²) < 4.78 is 6.32. The van der Waals surface area contributed by atoms with Crippen LogP contribution in [0.1, 0.15) is 28.3 Å². The van der Waals surface area contributed by atoms with Gasteiger partial charge in [0, 0.05) is 5.56 Å². The molecule has 3 aromatic carbocycles. The lowest BCUT2D eigenvalue weighted by Crippen LogP contribution is -2.29. The van der Waals surface area contributed by atoms with Gasteiger partial charge in [-0.15, -0.1) is 0 Å². The van der Waals surface area contributed by atoms with Crippen molar-refractivity contribution in [2.75, 3.05) is 12.0 Å². The standard InChI is InChI=1S/C27H22N2O4S/c1-15-12-16(2)22-20(13-15)34-27(28-22)29-23(18-10-7-11-19(14-18)33-3)21(25(31)26(29)32)24(30)17-8-5-4-6-9-17/h4-14,23,30H,1-3H3. The number of Topliss-reactive ketones (excluding diaryl/α,β-unsaturated/α-hetero) is 1. The number of carbonyl (C=O) groups is 2. The number of ketones is 1. The Morgan fingerprint density at radius 1 is 1.03 bits per heavy atom. The number of rotatable bonds is 4. The second-order valence-electron chi connectivity index (χ2n) is 8.24. The molecule has 5 rings (SSSR count). The molecular formula is C27H22N2O4S. The molecule has 2 heterocycles. The van der Waals surface area contributed by atoms with Gasteiger partial charge in [-0.05, 0) is 48.7 Å². The van der Waals surface area contributed by atoms with E-state index in [1.54, 1.807) is 49.6 Å². The number of aromatic nitrogens is 1. The van der Waals surface area contributed by atoms with Gasteiger partial charge in [-0.3, -0.25) is 14.5 Å². The van der Waals surface area contributed by atoms with E-state index in [-0.39, 0.29) is 11.3 Å². The van der Waals surface area contributed by atoms with Crippen molar-refractivity contribution in [3.05, 3.63) is 94.6 Å². The zero-order valence-corrected chi connectivity index (χ0v) is 19.7. The highest BCUT2D eigenvalue weighted by Crippen LogP contribution is 2.45. The average Bonchev–Trinajstić information content (AvgIpc) is 3.38. The maximum Gasteiger partial charge on any atom is 0.301 e. The molecule has 34 heavy (non-hydrogen) atoms. The highest BCUT2D eigenvalue weighted by molar-refractivity contribution is 7.22. The van der Waals surface area contributed by atoms with Gasteiger partial charge >= 0.3 is 5.91 Å². The summed E-state index contributed by atoms with van der Waals surface area (Å²) in [6.45, 7) is 3.98. The summed E-state index contributed by atoms with van der Waals surface area (Å²) in [4.78, 5) is 32.8. The van der Waals surface area contributed by atoms with E-state index >= 15 is 0 Å². The zero-order valence-electron chi connectivity index (χ0n) is 18.9. The number of aliphatic hydroxyl groups is 1. The normalized spacial score (nSPS) is 17.5. The van der Waals surface area contributed by atoms with Gasteiger partial charge in [0.1, 0.15) is 11.5 Å². The number of ether oxygens (including phenoxy) is 1. The molecule has 170 valence electrons. The molecule has 1 aliphatic heterocycles. The van der Waals surface area contributed by atoms with Gasteiger partial charge in [-0.2, -0.15) is 0 Å². The quantitative estimate of drug-likeness (QED) is 0.240. The number of benzene rings is 3. The van der Waals surface area contributed by atoms with E-state index in [2.05, 4.69) is 0 Å². The van der Waals surface area contributed by atoms with E-state index in [4.69, 9.17) is 9.72 Å². The fourth-order valence-corrected chi connectivity index (χ4v) is 5.54. The van der Waals surface area contributed by atoms with Crippen LogP contribution in [0.3, 0.4) is 0 Å². The van der Waals surface area contributed by atoms with E-state index in [1.165, 1.54) is 16.2 Å². The first-order valence-electron chi connectivity index (χ1n) is 10.8. The molecule has 0 spiro atoms. The molecule has 0 saturated carbocycles. The van der Waals surface area contributed by atoms with Crippen molar-refractivity contribution in [1.82, 2.24) is 4.98 Å². The third-order valence-corrected chi connectivity index (χ3v) is 6.93. The molecule has 1 fully saturated rings. The van der Waals surface area contributed by atoms with E-state index in [0.717, 1.165) is 21.3 Å². The van der Waals surface area contributed by atoms with Gasteiger partial charge in [-0.25, -0.2) is 4.98 Å². The fraction of sp³-hybridized carbons (Fsp3) is 0.148. The van der Waals surface area contributed by atoms with Gasteiger partial charge in [0.15, 0.2) is 5.13 Å². The molecule has 1 aromatic heterocycles. The third kappa shape index (κ3) is 3.54. The number of amides is 1. The number of aliphatic hydroxyl groups excluding tert-OH is 1. The smallest absolute Gasteiger partial charge is 0.301 e. The maximum atomic E-state index is 13.4. The van der Waals surface area contributed by atoms with Crippen molar-refractivity contribution in [1.29, 1.82) is 0 Å². The number of hydrogen-bond donors (Lipinski definition) is 1. The molecule has 1 saturated heterocycles. The molecule has 0 bridgehead atoms. The SMILES string of the molecule is COc1cccc(C2C(=C(O)c3ccccc3)C(=O)C(=O)N2c2nc3c(C)cc(C)cc3s2)c1. The van der Waals surface area contributed by atoms with Crippen molar-refractivity contribution >= 4 is 44.1 Å². The van der Waals surface area contributed by atoms with Crippen molar-refractivity contribution in [2.45, 2.75) is 19.9 Å². The Bertz CT molecular complexity index is 1470. The molecule has 6 nitrogen and oxygen atoms in total. The Morgan fingerprint density at radius 3 is 2.53 bits per heavy atom. The van der Waals surface area contributed by atoms with Crippen LogP contribution >= 0.6 is 11.3 Å². The molecule has 0 aliphatic carbocycles. The van der Waals surface area contributed by atoms with Crippen molar-refractivity contribution in [2.24, 2.45) is 0 Å². The fourth-order valence-electron chi connectivity index (χ4n) is 4.37. The minimum absolute atomic E-state index is 0.0246. The predicted molar refractivity (Wildman–Crippen MR) is 133 cm³/mol. The molecule has 1 atom stereocenters. The Morgan fingerprint density at radius 2 is 1.79 bits per heavy atom. The van der Waals surface area contributed by atoms with Gasteiger partial charge in [-0.1, -0.05) is 59.9 Å². The maximum absolute atomic E-state index is 13.4. The van der Waals surface area contributed by atoms with Gasteiger partial charge in [0.05, 0.1) is 28.9 Å². The molecule has 1 N–H and O–H groups in total. The number of nitrogens with zero attached hydrogens (tertiary/aromatic N) is 2. The molecule has 1 amide bonds. The first kappa shape index (κ1) is 21.9. The van der Waals surface area contributed by atoms with Crippen LogP contribution < -0.4 is 9.64 Å². The molecular weight excluding hydrogens is 448 g/mol. The average molecular weight is 471 g/mol. The number of methoxy groups -OCH3 is 1. The van der Waals surface area contributed by atoms with E-state index in [9.17, 15) is 14.7 Å². The van der Waals surface area contributed by atoms with Crippen molar-refractivity contribution in [3.8, 4) is 5.75 Å². The lowest BCUT2D eigenvalue weighted by molar-refractivity contribution is -0.132. The molecule has 0 radical (unpaired) electrons. The minimum atomic E-state index is -0.850. The minimum Gasteiger partial charge on any atom is -0.507 e. The van der Waals surface area contributed by atoms with Gasteiger partial charge in [0.25, 0.3) is 5.78 Å². The van der Waals surface area contributed by atoms with Crippen LogP contribution in [0.15, 0.2) is 72.3 Å². The monoisotopic (exact) mass is 470 g/mol.